The van der Waals surface area contributed by atoms with Gasteiger partial charge in [0, 0.05) is 19.5 Å². The predicted octanol–water partition coefficient (Wildman–Crippen LogP) is 1.97. The summed E-state index contributed by atoms with van der Waals surface area (Å²) in [6.45, 7) is 3.13. The van der Waals surface area contributed by atoms with Crippen molar-refractivity contribution >= 4 is 38.5 Å². The van der Waals surface area contributed by atoms with Gasteiger partial charge in [0.25, 0.3) is 5.91 Å². The van der Waals surface area contributed by atoms with Crippen molar-refractivity contribution in [2.45, 2.75) is 26.4 Å². The third kappa shape index (κ3) is 4.79. The summed E-state index contributed by atoms with van der Waals surface area (Å²) in [4.78, 5) is 28.8. The average Bonchev–Trinajstić information content (AvgIpc) is 2.88. The normalized spacial score (nSPS) is 12.7. The maximum atomic E-state index is 12.3. The quantitative estimate of drug-likeness (QED) is 0.778. The summed E-state index contributed by atoms with van der Waals surface area (Å²) >= 11 is 1.01. The van der Waals surface area contributed by atoms with Crippen LogP contribution in [0, 0.1) is 0 Å². The fourth-order valence-corrected chi connectivity index (χ4v) is 3.10. The standard InChI is InChI=1S/C14H15F3N4O3S/c1-3-21(12(23)11(18)19-7(2)22)13-20-9-5-4-8(6-10(9)25-13)24-14(15,16)17/h4-6,11H,3,18H2,1-2H3,(H,19,22). The number of benzene rings is 1. The zero-order valence-corrected chi connectivity index (χ0v) is 14.1. The van der Waals surface area contributed by atoms with Gasteiger partial charge in [-0.05, 0) is 19.1 Å². The lowest BCUT2D eigenvalue weighted by molar-refractivity contribution is -0.274. The third-order valence-electron chi connectivity index (χ3n) is 3.02. The van der Waals surface area contributed by atoms with Crippen LogP contribution in [0.5, 0.6) is 5.75 Å². The van der Waals surface area contributed by atoms with E-state index in [0.717, 1.165) is 17.4 Å². The van der Waals surface area contributed by atoms with Crippen LogP contribution >= 0.6 is 11.3 Å². The number of alkyl halides is 3. The number of thiazole rings is 1. The fourth-order valence-electron chi connectivity index (χ4n) is 2.04. The molecule has 0 radical (unpaired) electrons. The van der Waals surface area contributed by atoms with Gasteiger partial charge in [0.2, 0.25) is 5.91 Å². The lowest BCUT2D eigenvalue weighted by Gasteiger charge is -2.21. The highest BCUT2D eigenvalue weighted by atomic mass is 32.1. The first kappa shape index (κ1) is 18.9. The van der Waals surface area contributed by atoms with E-state index in [1.54, 1.807) is 6.92 Å². The molecule has 7 nitrogen and oxygen atoms in total. The van der Waals surface area contributed by atoms with Gasteiger partial charge in [0.1, 0.15) is 5.75 Å². The molecule has 0 aliphatic rings. The number of fused-ring (bicyclic) bond motifs is 1. The SMILES string of the molecule is CCN(C(=O)C(N)NC(C)=O)c1nc2ccc(OC(F)(F)F)cc2s1. The van der Waals surface area contributed by atoms with Crippen molar-refractivity contribution in [2.75, 3.05) is 11.4 Å². The molecule has 0 bridgehead atoms. The van der Waals surface area contributed by atoms with E-state index in [2.05, 4.69) is 15.0 Å². The van der Waals surface area contributed by atoms with Crippen LogP contribution in [-0.2, 0) is 9.59 Å². The van der Waals surface area contributed by atoms with Gasteiger partial charge in [0.05, 0.1) is 10.2 Å². The van der Waals surface area contributed by atoms with Gasteiger partial charge in [0.15, 0.2) is 11.3 Å². The molecule has 0 saturated carbocycles. The van der Waals surface area contributed by atoms with Gasteiger partial charge in [-0.25, -0.2) is 4.98 Å². The molecule has 0 aliphatic carbocycles. The second-order valence-electron chi connectivity index (χ2n) is 4.93. The predicted molar refractivity (Wildman–Crippen MR) is 86.1 cm³/mol. The number of nitrogens with one attached hydrogen (secondary N) is 1. The number of carbonyl (C=O) groups excluding carboxylic acids is 2. The molecule has 1 aromatic heterocycles. The zero-order chi connectivity index (χ0) is 18.8. The molecule has 1 unspecified atom stereocenters. The van der Waals surface area contributed by atoms with E-state index in [-0.39, 0.29) is 17.4 Å². The minimum Gasteiger partial charge on any atom is -0.406 e. The van der Waals surface area contributed by atoms with Crippen LogP contribution in [0.4, 0.5) is 18.3 Å². The van der Waals surface area contributed by atoms with Crippen molar-refractivity contribution < 1.29 is 27.5 Å². The number of aromatic nitrogens is 1. The van der Waals surface area contributed by atoms with E-state index in [1.165, 1.54) is 24.0 Å². The van der Waals surface area contributed by atoms with Crippen LogP contribution in [0.2, 0.25) is 0 Å². The average molecular weight is 376 g/mol. The van der Waals surface area contributed by atoms with Gasteiger partial charge in [-0.15, -0.1) is 13.2 Å². The molecule has 0 fully saturated rings. The van der Waals surface area contributed by atoms with E-state index < -0.39 is 24.3 Å². The highest BCUT2D eigenvalue weighted by Crippen LogP contribution is 2.33. The lowest BCUT2D eigenvalue weighted by atomic mass is 10.3. The maximum absolute atomic E-state index is 12.3. The van der Waals surface area contributed by atoms with Crippen LogP contribution in [-0.4, -0.2) is 35.9 Å². The Hall–Kier alpha value is -2.40. The molecule has 1 aromatic carbocycles. The van der Waals surface area contributed by atoms with Crippen molar-refractivity contribution in [1.82, 2.24) is 10.3 Å². The number of ether oxygens (including phenoxy) is 1. The Labute approximate surface area is 144 Å². The summed E-state index contributed by atoms with van der Waals surface area (Å²) in [5.41, 5.74) is 6.04. The molecular formula is C14H15F3N4O3S. The van der Waals surface area contributed by atoms with Crippen molar-refractivity contribution in [3.8, 4) is 5.75 Å². The van der Waals surface area contributed by atoms with Gasteiger partial charge < -0.3 is 15.8 Å². The molecule has 2 aromatic rings. The van der Waals surface area contributed by atoms with Crippen LogP contribution in [0.1, 0.15) is 13.8 Å². The number of anilines is 1. The summed E-state index contributed by atoms with van der Waals surface area (Å²) in [6.07, 6.45) is -6.04. The van der Waals surface area contributed by atoms with Crippen molar-refractivity contribution in [2.24, 2.45) is 5.73 Å². The van der Waals surface area contributed by atoms with E-state index in [1.807, 2.05) is 0 Å². The molecule has 0 spiro atoms. The summed E-state index contributed by atoms with van der Waals surface area (Å²) < 4.78 is 41.2. The van der Waals surface area contributed by atoms with Gasteiger partial charge >= 0.3 is 6.36 Å². The fraction of sp³-hybridized carbons (Fsp3) is 0.357. The zero-order valence-electron chi connectivity index (χ0n) is 13.3. The molecule has 3 N–H and O–H groups in total. The number of hydrogen-bond acceptors (Lipinski definition) is 6. The Kier molecular flexibility index (Phi) is 5.48. The number of halogens is 3. The summed E-state index contributed by atoms with van der Waals surface area (Å²) in [5.74, 6) is -1.42. The molecule has 0 aliphatic heterocycles. The Morgan fingerprint density at radius 2 is 2.12 bits per heavy atom. The second kappa shape index (κ2) is 7.23. The Bertz CT molecular complexity index is 793. The van der Waals surface area contributed by atoms with Crippen LogP contribution < -0.4 is 20.7 Å². The number of nitrogens with two attached hydrogens (primary N) is 1. The molecule has 2 rings (SSSR count). The lowest BCUT2D eigenvalue weighted by Crippen LogP contribution is -2.53. The molecule has 136 valence electrons. The number of carbonyl (C=O) groups is 2. The molecule has 25 heavy (non-hydrogen) atoms. The van der Waals surface area contributed by atoms with Crippen molar-refractivity contribution in [3.05, 3.63) is 18.2 Å². The van der Waals surface area contributed by atoms with E-state index in [4.69, 9.17) is 5.73 Å². The smallest absolute Gasteiger partial charge is 0.406 e. The van der Waals surface area contributed by atoms with E-state index in [0.29, 0.717) is 10.2 Å². The molecule has 1 atom stereocenters. The number of nitrogens with zero attached hydrogens (tertiary/aromatic N) is 2. The Morgan fingerprint density at radius 3 is 2.68 bits per heavy atom. The Balaban J connectivity index is 2.29. The monoisotopic (exact) mass is 376 g/mol. The van der Waals surface area contributed by atoms with Crippen LogP contribution in [0.3, 0.4) is 0 Å². The van der Waals surface area contributed by atoms with Crippen molar-refractivity contribution in [3.63, 3.8) is 0 Å². The number of likely N-dealkylation sites (N-methyl/N-ethyl adjacent to an activating group) is 1. The number of amides is 2. The molecule has 11 heteroatoms. The third-order valence-corrected chi connectivity index (χ3v) is 4.06. The topological polar surface area (TPSA) is 97.6 Å². The second-order valence-corrected chi connectivity index (χ2v) is 5.94. The van der Waals surface area contributed by atoms with E-state index >= 15 is 0 Å². The minimum absolute atomic E-state index is 0.220. The van der Waals surface area contributed by atoms with Gasteiger partial charge in [-0.2, -0.15) is 0 Å². The number of rotatable bonds is 5. The van der Waals surface area contributed by atoms with Crippen LogP contribution in [0.25, 0.3) is 10.2 Å². The number of hydrogen-bond donors (Lipinski definition) is 2. The summed E-state index contributed by atoms with van der Waals surface area (Å²) in [5, 5.41) is 2.53. The maximum Gasteiger partial charge on any atom is 0.573 e. The molecular weight excluding hydrogens is 361 g/mol. The molecule has 0 saturated heterocycles. The largest absolute Gasteiger partial charge is 0.573 e. The van der Waals surface area contributed by atoms with Gasteiger partial charge in [-0.1, -0.05) is 11.3 Å². The Morgan fingerprint density at radius 1 is 1.44 bits per heavy atom. The molecule has 2 amide bonds. The first-order chi connectivity index (χ1) is 11.6. The van der Waals surface area contributed by atoms with Crippen molar-refractivity contribution in [1.29, 1.82) is 0 Å². The summed E-state index contributed by atoms with van der Waals surface area (Å²) in [7, 11) is 0. The minimum atomic E-state index is -4.79. The first-order valence-electron chi connectivity index (χ1n) is 7.11. The van der Waals surface area contributed by atoms with E-state index in [9.17, 15) is 22.8 Å². The first-order valence-corrected chi connectivity index (χ1v) is 7.92. The highest BCUT2D eigenvalue weighted by molar-refractivity contribution is 7.22. The van der Waals surface area contributed by atoms with Gasteiger partial charge in [-0.3, -0.25) is 14.5 Å². The summed E-state index contributed by atoms with van der Waals surface area (Å²) in [6, 6.07) is 3.69. The molecule has 1 heterocycles. The van der Waals surface area contributed by atoms with Crippen LogP contribution in [0.15, 0.2) is 18.2 Å². The highest BCUT2D eigenvalue weighted by Gasteiger charge is 2.31.